The molecule has 0 amide bonds. The molecule has 0 fully saturated rings. The lowest BCUT2D eigenvalue weighted by molar-refractivity contribution is 0.414. The number of rotatable bonds is 7. The van der Waals surface area contributed by atoms with E-state index >= 15 is 0 Å². The Morgan fingerprint density at radius 2 is 2.16 bits per heavy atom. The van der Waals surface area contributed by atoms with Crippen LogP contribution in [0.25, 0.3) is 10.6 Å². The number of methoxy groups -OCH3 is 1. The van der Waals surface area contributed by atoms with Crippen molar-refractivity contribution in [2.24, 2.45) is 0 Å². The Kier molecular flexibility index (Phi) is 5.43. The van der Waals surface area contributed by atoms with Crippen LogP contribution in [0.15, 0.2) is 52.9 Å². The average Bonchev–Trinajstić information content (AvgIpc) is 3.26. The maximum Gasteiger partial charge on any atom is 0.240 e. The van der Waals surface area contributed by atoms with Crippen molar-refractivity contribution < 1.29 is 13.2 Å². The Morgan fingerprint density at radius 3 is 2.84 bits per heavy atom. The van der Waals surface area contributed by atoms with E-state index in [0.29, 0.717) is 12.3 Å². The topological polar surface area (TPSA) is 73.2 Å². The van der Waals surface area contributed by atoms with Gasteiger partial charge in [-0.15, -0.1) is 11.3 Å². The van der Waals surface area contributed by atoms with Crippen LogP contribution in [0.1, 0.15) is 0 Å². The highest BCUT2D eigenvalue weighted by atomic mass is 35.5. The van der Waals surface area contributed by atoms with Gasteiger partial charge in [-0.25, -0.2) is 13.1 Å². The second-order valence-electron chi connectivity index (χ2n) is 5.14. The van der Waals surface area contributed by atoms with Crippen LogP contribution in [0.3, 0.4) is 0 Å². The van der Waals surface area contributed by atoms with Gasteiger partial charge in [-0.05, 0) is 35.7 Å². The van der Waals surface area contributed by atoms with E-state index in [1.807, 2.05) is 29.8 Å². The van der Waals surface area contributed by atoms with Gasteiger partial charge in [0, 0.05) is 12.7 Å². The van der Waals surface area contributed by atoms with E-state index in [9.17, 15) is 8.42 Å². The van der Waals surface area contributed by atoms with E-state index in [1.165, 1.54) is 25.3 Å². The van der Waals surface area contributed by atoms with E-state index in [-0.39, 0.29) is 16.5 Å². The lowest BCUT2D eigenvalue weighted by Crippen LogP contribution is -2.27. The maximum atomic E-state index is 12.3. The van der Waals surface area contributed by atoms with Gasteiger partial charge < -0.3 is 4.74 Å². The molecule has 1 aromatic carbocycles. The summed E-state index contributed by atoms with van der Waals surface area (Å²) in [6.07, 6.45) is 1.83. The van der Waals surface area contributed by atoms with Crippen LogP contribution in [0, 0.1) is 0 Å². The third-order valence-electron chi connectivity index (χ3n) is 3.48. The lowest BCUT2D eigenvalue weighted by atomic mass is 10.3. The number of hydrogen-bond acceptors (Lipinski definition) is 5. The van der Waals surface area contributed by atoms with Gasteiger partial charge >= 0.3 is 0 Å². The molecular weight excluding hydrogens is 382 g/mol. The largest absolute Gasteiger partial charge is 0.495 e. The van der Waals surface area contributed by atoms with Gasteiger partial charge in [0.15, 0.2) is 0 Å². The van der Waals surface area contributed by atoms with Crippen LogP contribution in [0.5, 0.6) is 5.75 Å². The number of ether oxygens (including phenoxy) is 1. The van der Waals surface area contributed by atoms with E-state index in [1.54, 1.807) is 16.0 Å². The van der Waals surface area contributed by atoms with Crippen LogP contribution in [-0.2, 0) is 16.6 Å². The Hall–Kier alpha value is -1.87. The van der Waals surface area contributed by atoms with Gasteiger partial charge in [-0.2, -0.15) is 5.10 Å². The highest BCUT2D eigenvalue weighted by Gasteiger charge is 2.15. The molecular formula is C16H16ClN3O3S2. The number of halogens is 1. The second kappa shape index (κ2) is 7.57. The fourth-order valence-electron chi connectivity index (χ4n) is 2.23. The molecule has 3 aromatic rings. The van der Waals surface area contributed by atoms with Gasteiger partial charge in [-0.1, -0.05) is 17.7 Å². The molecule has 0 aliphatic carbocycles. The fraction of sp³-hybridized carbons (Fsp3) is 0.188. The quantitative estimate of drug-likeness (QED) is 0.664. The third kappa shape index (κ3) is 4.21. The summed E-state index contributed by atoms with van der Waals surface area (Å²) in [5, 5.41) is 6.67. The summed E-state index contributed by atoms with van der Waals surface area (Å²) in [4.78, 5) is 1.17. The molecule has 0 spiro atoms. The lowest BCUT2D eigenvalue weighted by Gasteiger charge is -2.09. The molecule has 1 N–H and O–H groups in total. The van der Waals surface area contributed by atoms with Crippen molar-refractivity contribution in [2.45, 2.75) is 11.4 Å². The smallest absolute Gasteiger partial charge is 0.240 e. The summed E-state index contributed by atoms with van der Waals surface area (Å²) in [7, 11) is -2.17. The predicted molar refractivity (Wildman–Crippen MR) is 98.7 cm³/mol. The summed E-state index contributed by atoms with van der Waals surface area (Å²) < 4.78 is 33.9. The van der Waals surface area contributed by atoms with Crippen molar-refractivity contribution in [3.05, 3.63) is 53.0 Å². The van der Waals surface area contributed by atoms with Crippen LogP contribution < -0.4 is 9.46 Å². The number of aromatic nitrogens is 2. The molecule has 0 saturated carbocycles. The maximum absolute atomic E-state index is 12.3. The monoisotopic (exact) mass is 397 g/mol. The number of nitrogens with one attached hydrogen (secondary N) is 1. The number of hydrogen-bond donors (Lipinski definition) is 1. The van der Waals surface area contributed by atoms with Crippen LogP contribution >= 0.6 is 22.9 Å². The zero-order valence-corrected chi connectivity index (χ0v) is 15.7. The number of sulfonamides is 1. The third-order valence-corrected chi connectivity index (χ3v) is 6.13. The van der Waals surface area contributed by atoms with Gasteiger partial charge in [0.2, 0.25) is 10.0 Å². The van der Waals surface area contributed by atoms with Crippen molar-refractivity contribution in [2.75, 3.05) is 13.7 Å². The predicted octanol–water partition coefficient (Wildman–Crippen LogP) is 3.25. The Balaban J connectivity index is 1.62. The second-order valence-corrected chi connectivity index (χ2v) is 8.26. The van der Waals surface area contributed by atoms with Gasteiger partial charge in [-0.3, -0.25) is 4.68 Å². The first kappa shape index (κ1) is 17.9. The Labute approximate surface area is 155 Å². The summed E-state index contributed by atoms with van der Waals surface area (Å²) in [5.74, 6) is 0.429. The minimum absolute atomic E-state index is 0.0954. The first-order valence-corrected chi connectivity index (χ1v) is 10.1. The highest BCUT2D eigenvalue weighted by Crippen LogP contribution is 2.26. The molecule has 3 rings (SSSR count). The molecule has 0 unspecified atom stereocenters. The SMILES string of the molecule is COc1ccc(S(=O)(=O)NCCn2ccc(-c3cccs3)n2)cc1Cl. The van der Waals surface area contributed by atoms with Gasteiger partial charge in [0.05, 0.1) is 28.4 Å². The van der Waals surface area contributed by atoms with E-state index < -0.39 is 10.0 Å². The molecule has 0 bridgehead atoms. The molecule has 132 valence electrons. The van der Waals surface area contributed by atoms with E-state index in [4.69, 9.17) is 16.3 Å². The molecule has 2 heterocycles. The number of thiophene rings is 1. The fourth-order valence-corrected chi connectivity index (χ4v) is 4.29. The van der Waals surface area contributed by atoms with Crippen LogP contribution in [0.4, 0.5) is 0 Å². The molecule has 0 atom stereocenters. The van der Waals surface area contributed by atoms with E-state index in [0.717, 1.165) is 10.6 Å². The first-order valence-electron chi connectivity index (χ1n) is 7.40. The van der Waals surface area contributed by atoms with Crippen molar-refractivity contribution in [1.82, 2.24) is 14.5 Å². The van der Waals surface area contributed by atoms with Gasteiger partial charge in [0.25, 0.3) is 0 Å². The summed E-state index contributed by atoms with van der Waals surface area (Å²) >= 11 is 7.60. The standard InChI is InChI=1S/C16H16ClN3O3S2/c1-23-15-5-4-12(11-13(15)17)25(21,22)18-7-9-20-8-6-14(19-20)16-3-2-10-24-16/h2-6,8,10-11,18H,7,9H2,1H3. The molecule has 0 aliphatic heterocycles. The molecule has 6 nitrogen and oxygen atoms in total. The minimum Gasteiger partial charge on any atom is -0.495 e. The number of benzene rings is 1. The van der Waals surface area contributed by atoms with Crippen LogP contribution in [-0.4, -0.2) is 31.9 Å². The summed E-state index contributed by atoms with van der Waals surface area (Å²) in [5.41, 5.74) is 0.875. The normalized spacial score (nSPS) is 11.6. The summed E-state index contributed by atoms with van der Waals surface area (Å²) in [6.45, 7) is 0.645. The molecule has 0 saturated heterocycles. The van der Waals surface area contributed by atoms with Crippen molar-refractivity contribution in [1.29, 1.82) is 0 Å². The average molecular weight is 398 g/mol. The molecule has 9 heteroatoms. The van der Waals surface area contributed by atoms with Crippen molar-refractivity contribution in [3.63, 3.8) is 0 Å². The summed E-state index contributed by atoms with van der Waals surface area (Å²) in [6, 6.07) is 10.2. The molecule has 0 aliphatic rings. The van der Waals surface area contributed by atoms with E-state index in [2.05, 4.69) is 9.82 Å². The van der Waals surface area contributed by atoms with Crippen molar-refractivity contribution in [3.8, 4) is 16.3 Å². The zero-order chi connectivity index (χ0) is 17.9. The number of nitrogens with zero attached hydrogens (tertiary/aromatic N) is 2. The van der Waals surface area contributed by atoms with Crippen LogP contribution in [0.2, 0.25) is 5.02 Å². The Morgan fingerprint density at radius 1 is 1.32 bits per heavy atom. The van der Waals surface area contributed by atoms with Crippen molar-refractivity contribution >= 4 is 33.0 Å². The highest BCUT2D eigenvalue weighted by molar-refractivity contribution is 7.89. The molecule has 0 radical (unpaired) electrons. The minimum atomic E-state index is -3.64. The molecule has 2 aromatic heterocycles. The Bertz CT molecular complexity index is 953. The zero-order valence-electron chi connectivity index (χ0n) is 13.3. The molecule has 25 heavy (non-hydrogen) atoms. The van der Waals surface area contributed by atoms with Gasteiger partial charge in [0.1, 0.15) is 11.4 Å². The first-order chi connectivity index (χ1) is 12.0.